The molecule has 0 saturated heterocycles. The van der Waals surface area contributed by atoms with Gasteiger partial charge in [0.05, 0.1) is 5.52 Å². The molecule has 0 fully saturated rings. The van der Waals surface area contributed by atoms with E-state index in [9.17, 15) is 13.2 Å². The van der Waals surface area contributed by atoms with Gasteiger partial charge in [-0.2, -0.15) is 13.2 Å². The minimum absolute atomic E-state index is 0.0948. The van der Waals surface area contributed by atoms with Crippen LogP contribution in [-0.2, 0) is 6.18 Å². The largest absolute Gasteiger partial charge is 0.451 e. The smallest absolute Gasteiger partial charge is 0.286 e. The molecule has 0 unspecified atom stereocenters. The SMILES string of the molecule is Cc1ccc(C(=S)NN(C)c2nc(C(F)(F)F)nc3ccccc23)cc1. The third kappa shape index (κ3) is 3.75. The van der Waals surface area contributed by atoms with Crippen molar-refractivity contribution in [1.29, 1.82) is 0 Å². The first-order valence-electron chi connectivity index (χ1n) is 7.71. The van der Waals surface area contributed by atoms with Crippen molar-refractivity contribution < 1.29 is 13.2 Å². The molecule has 0 amide bonds. The molecule has 0 saturated carbocycles. The number of nitrogens with one attached hydrogen (secondary N) is 1. The van der Waals surface area contributed by atoms with Crippen molar-refractivity contribution in [2.24, 2.45) is 0 Å². The fourth-order valence-electron chi connectivity index (χ4n) is 2.42. The zero-order valence-electron chi connectivity index (χ0n) is 14.0. The van der Waals surface area contributed by atoms with Crippen LogP contribution in [0.4, 0.5) is 19.0 Å². The number of benzene rings is 2. The van der Waals surface area contributed by atoms with Crippen molar-refractivity contribution in [3.8, 4) is 0 Å². The monoisotopic (exact) mass is 376 g/mol. The number of fused-ring (bicyclic) bond motifs is 1. The van der Waals surface area contributed by atoms with Crippen molar-refractivity contribution in [1.82, 2.24) is 15.4 Å². The van der Waals surface area contributed by atoms with Crippen LogP contribution in [0, 0.1) is 6.92 Å². The summed E-state index contributed by atoms with van der Waals surface area (Å²) in [4.78, 5) is 7.69. The van der Waals surface area contributed by atoms with Crippen LogP contribution in [0.1, 0.15) is 17.0 Å². The number of thiocarbonyl (C=S) groups is 1. The Bertz CT molecular complexity index is 955. The van der Waals surface area contributed by atoms with E-state index in [2.05, 4.69) is 15.4 Å². The summed E-state index contributed by atoms with van der Waals surface area (Å²) in [5.41, 5.74) is 4.96. The zero-order valence-corrected chi connectivity index (χ0v) is 14.8. The summed E-state index contributed by atoms with van der Waals surface area (Å²) in [5.74, 6) is -1.10. The van der Waals surface area contributed by atoms with Gasteiger partial charge in [-0.1, -0.05) is 54.2 Å². The van der Waals surface area contributed by atoms with Crippen LogP contribution in [0.2, 0.25) is 0 Å². The molecule has 0 bridgehead atoms. The highest BCUT2D eigenvalue weighted by Crippen LogP contribution is 2.31. The molecule has 4 nitrogen and oxygen atoms in total. The summed E-state index contributed by atoms with van der Waals surface area (Å²) in [6, 6.07) is 14.0. The third-order valence-electron chi connectivity index (χ3n) is 3.74. The Morgan fingerprint density at radius 1 is 1.04 bits per heavy atom. The molecule has 0 atom stereocenters. The Labute approximate surface area is 153 Å². The van der Waals surface area contributed by atoms with Crippen LogP contribution < -0.4 is 10.4 Å². The Hall–Kier alpha value is -2.74. The summed E-state index contributed by atoms with van der Waals surface area (Å²) in [6.07, 6.45) is -4.64. The minimum Gasteiger partial charge on any atom is -0.286 e. The van der Waals surface area contributed by atoms with Gasteiger partial charge in [0.15, 0.2) is 5.82 Å². The van der Waals surface area contributed by atoms with E-state index in [-0.39, 0.29) is 11.3 Å². The van der Waals surface area contributed by atoms with Crippen LogP contribution in [0.3, 0.4) is 0 Å². The normalized spacial score (nSPS) is 11.4. The van der Waals surface area contributed by atoms with Gasteiger partial charge < -0.3 is 0 Å². The molecule has 8 heteroatoms. The molecular formula is C18H15F3N4S. The zero-order chi connectivity index (χ0) is 18.9. The summed E-state index contributed by atoms with van der Waals surface area (Å²) < 4.78 is 39.4. The van der Waals surface area contributed by atoms with E-state index < -0.39 is 12.0 Å². The standard InChI is InChI=1S/C18H15F3N4S/c1-11-7-9-12(10-8-11)16(26)24-25(2)15-13-5-3-4-6-14(13)22-17(23-15)18(19,20)21/h3-10H,1-2H3,(H,24,26). The number of anilines is 1. The highest BCUT2D eigenvalue weighted by molar-refractivity contribution is 7.80. The summed E-state index contributed by atoms with van der Waals surface area (Å²) >= 11 is 5.35. The summed E-state index contributed by atoms with van der Waals surface area (Å²) in [5, 5.41) is 1.86. The first kappa shape index (κ1) is 18.1. The van der Waals surface area contributed by atoms with Gasteiger partial charge in [-0.3, -0.25) is 10.4 Å². The van der Waals surface area contributed by atoms with Gasteiger partial charge in [-0.15, -0.1) is 0 Å². The van der Waals surface area contributed by atoms with Crippen molar-refractivity contribution >= 4 is 33.9 Å². The molecule has 134 valence electrons. The second kappa shape index (κ2) is 6.87. The predicted molar refractivity (Wildman–Crippen MR) is 99.0 cm³/mol. The van der Waals surface area contributed by atoms with Gasteiger partial charge in [-0.25, -0.2) is 9.97 Å². The number of hydrogen-bond acceptors (Lipinski definition) is 4. The molecule has 0 aliphatic heterocycles. The fraction of sp³-hybridized carbons (Fsp3) is 0.167. The lowest BCUT2D eigenvalue weighted by atomic mass is 10.1. The Balaban J connectivity index is 1.97. The summed E-state index contributed by atoms with van der Waals surface area (Å²) in [6.45, 7) is 1.96. The van der Waals surface area contributed by atoms with Crippen molar-refractivity contribution in [2.75, 3.05) is 12.1 Å². The average molecular weight is 376 g/mol. The number of para-hydroxylation sites is 1. The topological polar surface area (TPSA) is 41.0 Å². The van der Waals surface area contributed by atoms with Crippen LogP contribution in [-0.4, -0.2) is 22.0 Å². The number of hydrazine groups is 1. The lowest BCUT2D eigenvalue weighted by Crippen LogP contribution is -2.39. The van der Waals surface area contributed by atoms with E-state index in [1.54, 1.807) is 25.2 Å². The molecule has 26 heavy (non-hydrogen) atoms. The quantitative estimate of drug-likeness (QED) is 0.546. The number of alkyl halides is 3. The predicted octanol–water partition coefficient (Wildman–Crippen LogP) is 4.27. The second-order valence-corrected chi connectivity index (χ2v) is 6.16. The number of aryl methyl sites for hydroxylation is 1. The summed E-state index contributed by atoms with van der Waals surface area (Å²) in [7, 11) is 1.56. The van der Waals surface area contributed by atoms with Gasteiger partial charge >= 0.3 is 6.18 Å². The molecule has 0 aliphatic rings. The molecule has 2 aromatic carbocycles. The second-order valence-electron chi connectivity index (χ2n) is 5.75. The maximum atomic E-state index is 13.1. The van der Waals surface area contributed by atoms with Crippen molar-refractivity contribution in [3.63, 3.8) is 0 Å². The molecule has 3 aromatic rings. The lowest BCUT2D eigenvalue weighted by Gasteiger charge is -2.23. The molecular weight excluding hydrogens is 361 g/mol. The van der Waals surface area contributed by atoms with Crippen LogP contribution in [0.15, 0.2) is 48.5 Å². The van der Waals surface area contributed by atoms with Gasteiger partial charge in [0, 0.05) is 18.0 Å². The fourth-order valence-corrected chi connectivity index (χ4v) is 2.69. The number of aromatic nitrogens is 2. The van der Waals surface area contributed by atoms with E-state index in [4.69, 9.17) is 12.2 Å². The van der Waals surface area contributed by atoms with Gasteiger partial charge in [0.25, 0.3) is 0 Å². The van der Waals surface area contributed by atoms with E-state index >= 15 is 0 Å². The van der Waals surface area contributed by atoms with Crippen LogP contribution in [0.25, 0.3) is 10.9 Å². The molecule has 1 aromatic heterocycles. The van der Waals surface area contributed by atoms with E-state index in [0.717, 1.165) is 11.1 Å². The number of nitrogens with zero attached hydrogens (tertiary/aromatic N) is 3. The van der Waals surface area contributed by atoms with Crippen LogP contribution in [0.5, 0.6) is 0 Å². The lowest BCUT2D eigenvalue weighted by molar-refractivity contribution is -0.144. The Morgan fingerprint density at radius 2 is 1.69 bits per heavy atom. The highest BCUT2D eigenvalue weighted by atomic mass is 32.1. The molecule has 0 aliphatic carbocycles. The average Bonchev–Trinajstić information content (AvgIpc) is 2.60. The first-order chi connectivity index (χ1) is 12.3. The van der Waals surface area contributed by atoms with Crippen molar-refractivity contribution in [3.05, 3.63) is 65.5 Å². The van der Waals surface area contributed by atoms with Gasteiger partial charge in [0.1, 0.15) is 4.99 Å². The van der Waals surface area contributed by atoms with Gasteiger partial charge in [-0.05, 0) is 19.1 Å². The van der Waals surface area contributed by atoms with Crippen LogP contribution >= 0.6 is 12.2 Å². The molecule has 3 rings (SSSR count). The molecule has 1 N–H and O–H groups in total. The van der Waals surface area contributed by atoms with E-state index in [1.165, 1.54) is 11.1 Å². The van der Waals surface area contributed by atoms with Crippen molar-refractivity contribution in [2.45, 2.75) is 13.1 Å². The molecule has 1 heterocycles. The Kier molecular flexibility index (Phi) is 4.78. The number of rotatable bonds is 3. The van der Waals surface area contributed by atoms with E-state index in [0.29, 0.717) is 10.4 Å². The third-order valence-corrected chi connectivity index (χ3v) is 4.06. The molecule has 0 radical (unpaired) electrons. The highest BCUT2D eigenvalue weighted by Gasteiger charge is 2.36. The first-order valence-corrected chi connectivity index (χ1v) is 8.12. The minimum atomic E-state index is -4.64. The number of hydrogen-bond donors (Lipinski definition) is 1. The van der Waals surface area contributed by atoms with Gasteiger partial charge in [0.2, 0.25) is 5.82 Å². The van der Waals surface area contributed by atoms with E-state index in [1.807, 2.05) is 31.2 Å². The Morgan fingerprint density at radius 3 is 2.35 bits per heavy atom. The number of halogens is 3. The molecule has 0 spiro atoms. The maximum Gasteiger partial charge on any atom is 0.451 e. The maximum absolute atomic E-state index is 13.1.